The molecule has 0 unspecified atom stereocenters. The molecule has 0 fully saturated rings. The molecular formula is C8H7N3OS2. The molecule has 0 saturated carbocycles. The van der Waals surface area contributed by atoms with Gasteiger partial charge in [0, 0.05) is 0 Å². The molecule has 2 aromatic heterocycles. The molecule has 2 aromatic rings. The minimum absolute atomic E-state index is 0.129. The summed E-state index contributed by atoms with van der Waals surface area (Å²) in [5.41, 5.74) is 0. The van der Waals surface area contributed by atoms with E-state index in [9.17, 15) is 4.79 Å². The number of nitrogens with zero attached hydrogens (tertiary/aromatic N) is 2. The van der Waals surface area contributed by atoms with Gasteiger partial charge in [-0.1, -0.05) is 17.4 Å². The SMILES string of the molecule is Cc1nnc(NC(=O)c2cccs2)s1. The minimum atomic E-state index is -0.129. The lowest BCUT2D eigenvalue weighted by Gasteiger charge is -1.95. The Morgan fingerprint density at radius 1 is 1.50 bits per heavy atom. The third-order valence-corrected chi connectivity index (χ3v) is 3.11. The van der Waals surface area contributed by atoms with Crippen LogP contribution in [0.3, 0.4) is 0 Å². The predicted molar refractivity (Wildman–Crippen MR) is 56.9 cm³/mol. The van der Waals surface area contributed by atoms with E-state index >= 15 is 0 Å². The molecule has 0 aliphatic rings. The van der Waals surface area contributed by atoms with Gasteiger partial charge in [0.2, 0.25) is 5.13 Å². The Morgan fingerprint density at radius 2 is 2.36 bits per heavy atom. The summed E-state index contributed by atoms with van der Waals surface area (Å²) < 4.78 is 0. The van der Waals surface area contributed by atoms with Crippen molar-refractivity contribution >= 4 is 33.7 Å². The first-order valence-corrected chi connectivity index (χ1v) is 5.60. The van der Waals surface area contributed by atoms with Crippen molar-refractivity contribution in [2.45, 2.75) is 6.92 Å². The van der Waals surface area contributed by atoms with Crippen LogP contribution in [0.15, 0.2) is 17.5 Å². The Balaban J connectivity index is 2.09. The van der Waals surface area contributed by atoms with Crippen molar-refractivity contribution in [1.82, 2.24) is 10.2 Å². The summed E-state index contributed by atoms with van der Waals surface area (Å²) in [5, 5.41) is 13.5. The second-order valence-corrected chi connectivity index (χ2v) is 4.69. The summed E-state index contributed by atoms with van der Waals surface area (Å²) >= 11 is 2.77. The van der Waals surface area contributed by atoms with Crippen LogP contribution in [-0.4, -0.2) is 16.1 Å². The van der Waals surface area contributed by atoms with E-state index in [1.54, 1.807) is 6.07 Å². The number of aromatic nitrogens is 2. The zero-order chi connectivity index (χ0) is 9.97. The van der Waals surface area contributed by atoms with E-state index in [0.717, 1.165) is 5.01 Å². The van der Waals surface area contributed by atoms with Gasteiger partial charge < -0.3 is 0 Å². The number of hydrogen-bond acceptors (Lipinski definition) is 5. The molecule has 0 aliphatic carbocycles. The summed E-state index contributed by atoms with van der Waals surface area (Å²) in [6, 6.07) is 3.61. The van der Waals surface area contributed by atoms with Crippen LogP contribution in [0.2, 0.25) is 0 Å². The number of thiophene rings is 1. The fourth-order valence-electron chi connectivity index (χ4n) is 0.914. The average Bonchev–Trinajstić information content (AvgIpc) is 2.75. The largest absolute Gasteiger partial charge is 0.296 e. The van der Waals surface area contributed by atoms with Gasteiger partial charge in [0.1, 0.15) is 5.01 Å². The second kappa shape index (κ2) is 3.85. The van der Waals surface area contributed by atoms with Crippen molar-refractivity contribution in [1.29, 1.82) is 0 Å². The van der Waals surface area contributed by atoms with Crippen molar-refractivity contribution in [3.8, 4) is 0 Å². The Hall–Kier alpha value is -1.27. The molecule has 2 rings (SSSR count). The normalized spacial score (nSPS) is 10.1. The molecule has 0 radical (unpaired) electrons. The maximum Gasteiger partial charge on any atom is 0.267 e. The van der Waals surface area contributed by atoms with E-state index in [-0.39, 0.29) is 5.91 Å². The lowest BCUT2D eigenvalue weighted by molar-refractivity contribution is 0.103. The monoisotopic (exact) mass is 225 g/mol. The van der Waals surface area contributed by atoms with Gasteiger partial charge in [0.05, 0.1) is 4.88 Å². The van der Waals surface area contributed by atoms with Gasteiger partial charge in [0.25, 0.3) is 5.91 Å². The van der Waals surface area contributed by atoms with E-state index in [4.69, 9.17) is 0 Å². The molecule has 0 bridgehead atoms. The van der Waals surface area contributed by atoms with Gasteiger partial charge in [0.15, 0.2) is 0 Å². The molecule has 4 nitrogen and oxygen atoms in total. The van der Waals surface area contributed by atoms with E-state index in [0.29, 0.717) is 10.0 Å². The number of carbonyl (C=O) groups excluding carboxylic acids is 1. The first-order valence-electron chi connectivity index (χ1n) is 3.90. The van der Waals surface area contributed by atoms with E-state index in [1.807, 2.05) is 18.4 Å². The molecule has 6 heteroatoms. The highest BCUT2D eigenvalue weighted by atomic mass is 32.1. The van der Waals surface area contributed by atoms with Crippen LogP contribution in [0.25, 0.3) is 0 Å². The van der Waals surface area contributed by atoms with Crippen LogP contribution in [0, 0.1) is 6.92 Å². The first kappa shape index (κ1) is 9.29. The third-order valence-electron chi connectivity index (χ3n) is 1.49. The molecule has 0 aromatic carbocycles. The van der Waals surface area contributed by atoms with Gasteiger partial charge in [-0.3, -0.25) is 10.1 Å². The molecule has 2 heterocycles. The molecule has 72 valence electrons. The summed E-state index contributed by atoms with van der Waals surface area (Å²) in [7, 11) is 0. The number of carbonyl (C=O) groups is 1. The number of anilines is 1. The van der Waals surface area contributed by atoms with E-state index in [1.165, 1.54) is 22.7 Å². The van der Waals surface area contributed by atoms with Crippen LogP contribution in [-0.2, 0) is 0 Å². The molecule has 0 spiro atoms. The number of aryl methyl sites for hydroxylation is 1. The molecular weight excluding hydrogens is 218 g/mol. The van der Waals surface area contributed by atoms with Crippen LogP contribution < -0.4 is 5.32 Å². The van der Waals surface area contributed by atoms with Gasteiger partial charge in [-0.15, -0.1) is 21.5 Å². The predicted octanol–water partition coefficient (Wildman–Crippen LogP) is 2.16. The topological polar surface area (TPSA) is 54.9 Å². The highest BCUT2D eigenvalue weighted by Crippen LogP contribution is 2.16. The van der Waals surface area contributed by atoms with Crippen molar-refractivity contribution in [2.75, 3.05) is 5.32 Å². The van der Waals surface area contributed by atoms with Crippen molar-refractivity contribution in [3.05, 3.63) is 27.4 Å². The summed E-state index contributed by atoms with van der Waals surface area (Å²) in [4.78, 5) is 12.2. The van der Waals surface area contributed by atoms with Gasteiger partial charge >= 0.3 is 0 Å². The minimum Gasteiger partial charge on any atom is -0.296 e. The number of hydrogen-bond donors (Lipinski definition) is 1. The zero-order valence-corrected chi connectivity index (χ0v) is 8.98. The van der Waals surface area contributed by atoms with Gasteiger partial charge in [-0.2, -0.15) is 0 Å². The third kappa shape index (κ3) is 1.97. The average molecular weight is 225 g/mol. The molecule has 14 heavy (non-hydrogen) atoms. The van der Waals surface area contributed by atoms with Crippen molar-refractivity contribution in [2.24, 2.45) is 0 Å². The summed E-state index contributed by atoms with van der Waals surface area (Å²) in [6.07, 6.45) is 0. The highest BCUT2D eigenvalue weighted by molar-refractivity contribution is 7.15. The smallest absolute Gasteiger partial charge is 0.267 e. The number of rotatable bonds is 2. The van der Waals surface area contributed by atoms with Gasteiger partial charge in [-0.05, 0) is 18.4 Å². The quantitative estimate of drug-likeness (QED) is 0.852. The molecule has 0 atom stereocenters. The number of amides is 1. The molecule has 0 aliphatic heterocycles. The highest BCUT2D eigenvalue weighted by Gasteiger charge is 2.08. The lowest BCUT2D eigenvalue weighted by atomic mass is 10.4. The lowest BCUT2D eigenvalue weighted by Crippen LogP contribution is -2.09. The van der Waals surface area contributed by atoms with Crippen molar-refractivity contribution < 1.29 is 4.79 Å². The van der Waals surface area contributed by atoms with E-state index < -0.39 is 0 Å². The Morgan fingerprint density at radius 3 is 2.93 bits per heavy atom. The summed E-state index contributed by atoms with van der Waals surface area (Å²) in [5.74, 6) is -0.129. The van der Waals surface area contributed by atoms with Crippen LogP contribution in [0.4, 0.5) is 5.13 Å². The zero-order valence-electron chi connectivity index (χ0n) is 7.35. The summed E-state index contributed by atoms with van der Waals surface area (Å²) in [6.45, 7) is 1.85. The number of nitrogens with one attached hydrogen (secondary N) is 1. The van der Waals surface area contributed by atoms with Crippen LogP contribution in [0.5, 0.6) is 0 Å². The second-order valence-electron chi connectivity index (χ2n) is 2.56. The fourth-order valence-corrected chi connectivity index (χ4v) is 2.12. The molecule has 1 N–H and O–H groups in total. The van der Waals surface area contributed by atoms with Crippen molar-refractivity contribution in [3.63, 3.8) is 0 Å². The Bertz CT molecular complexity index is 435. The standard InChI is InChI=1S/C8H7N3OS2/c1-5-10-11-8(14-5)9-7(12)6-3-2-4-13-6/h2-4H,1H3,(H,9,11,12). The van der Waals surface area contributed by atoms with E-state index in [2.05, 4.69) is 15.5 Å². The fraction of sp³-hybridized carbons (Fsp3) is 0.125. The van der Waals surface area contributed by atoms with Gasteiger partial charge in [-0.25, -0.2) is 0 Å². The Kier molecular flexibility index (Phi) is 2.55. The first-order chi connectivity index (χ1) is 6.75. The maximum absolute atomic E-state index is 11.5. The van der Waals surface area contributed by atoms with Crippen LogP contribution in [0.1, 0.15) is 14.7 Å². The Labute approximate surface area is 88.6 Å². The van der Waals surface area contributed by atoms with Crippen LogP contribution >= 0.6 is 22.7 Å². The maximum atomic E-state index is 11.5. The molecule has 0 saturated heterocycles. The molecule has 1 amide bonds.